The SMILES string of the molecule is Cc1cccc(-n2nnnc2SCC(=O)Nc2ccc(OC(F)F)c(Cl)c2)c1. The van der Waals surface area contributed by atoms with Crippen molar-refractivity contribution in [2.75, 3.05) is 11.1 Å². The second-order valence-electron chi connectivity index (χ2n) is 5.57. The van der Waals surface area contributed by atoms with Gasteiger partial charge in [-0.25, -0.2) is 0 Å². The summed E-state index contributed by atoms with van der Waals surface area (Å²) >= 11 is 7.03. The minimum atomic E-state index is -2.98. The number of carbonyl (C=O) groups is 1. The number of thioether (sulfide) groups is 1. The third kappa shape index (κ3) is 5.17. The summed E-state index contributed by atoms with van der Waals surface area (Å²) in [6.45, 7) is -1.02. The second-order valence-corrected chi connectivity index (χ2v) is 6.92. The first kappa shape index (κ1) is 20.0. The van der Waals surface area contributed by atoms with Gasteiger partial charge in [0.25, 0.3) is 0 Å². The van der Waals surface area contributed by atoms with Crippen LogP contribution in [0.5, 0.6) is 5.75 Å². The number of ether oxygens (including phenoxy) is 1. The standard InChI is InChI=1S/C17H14ClF2N5O2S/c1-10-3-2-4-12(7-10)25-17(22-23-24-25)28-9-15(26)21-11-5-6-14(13(18)8-11)27-16(19)20/h2-8,16H,9H2,1H3,(H,21,26). The summed E-state index contributed by atoms with van der Waals surface area (Å²) in [5, 5.41) is 14.6. The number of amides is 1. The molecule has 0 saturated carbocycles. The molecule has 11 heteroatoms. The molecule has 1 amide bonds. The largest absolute Gasteiger partial charge is 0.433 e. The maximum Gasteiger partial charge on any atom is 0.387 e. The number of aryl methyl sites for hydroxylation is 1. The summed E-state index contributed by atoms with van der Waals surface area (Å²) in [4.78, 5) is 12.2. The van der Waals surface area contributed by atoms with Gasteiger partial charge >= 0.3 is 6.61 Å². The van der Waals surface area contributed by atoms with Gasteiger partial charge in [0.2, 0.25) is 11.1 Å². The summed E-state index contributed by atoms with van der Waals surface area (Å²) < 4.78 is 30.3. The van der Waals surface area contributed by atoms with Crippen molar-refractivity contribution in [3.8, 4) is 11.4 Å². The van der Waals surface area contributed by atoms with Gasteiger partial charge in [-0.3, -0.25) is 4.79 Å². The van der Waals surface area contributed by atoms with E-state index in [1.54, 1.807) is 0 Å². The van der Waals surface area contributed by atoms with E-state index in [1.807, 2.05) is 31.2 Å². The fraction of sp³-hybridized carbons (Fsp3) is 0.176. The maximum absolute atomic E-state index is 12.3. The number of benzene rings is 2. The van der Waals surface area contributed by atoms with E-state index < -0.39 is 6.61 Å². The highest BCUT2D eigenvalue weighted by molar-refractivity contribution is 7.99. The van der Waals surface area contributed by atoms with Crippen molar-refractivity contribution in [1.29, 1.82) is 0 Å². The molecule has 0 spiro atoms. The molecule has 0 bridgehead atoms. The van der Waals surface area contributed by atoms with E-state index in [0.29, 0.717) is 10.8 Å². The second kappa shape index (κ2) is 8.98. The van der Waals surface area contributed by atoms with E-state index in [1.165, 1.54) is 22.9 Å². The van der Waals surface area contributed by atoms with Gasteiger partial charge in [-0.15, -0.1) is 5.10 Å². The zero-order valence-electron chi connectivity index (χ0n) is 14.5. The van der Waals surface area contributed by atoms with Crippen LogP contribution in [0, 0.1) is 6.92 Å². The zero-order valence-corrected chi connectivity index (χ0v) is 16.0. The van der Waals surface area contributed by atoms with Crippen LogP contribution in [0.2, 0.25) is 5.02 Å². The average molecular weight is 426 g/mol. The molecular weight excluding hydrogens is 412 g/mol. The molecule has 7 nitrogen and oxygen atoms in total. The number of hydrogen-bond acceptors (Lipinski definition) is 6. The summed E-state index contributed by atoms with van der Waals surface area (Å²) in [5.41, 5.74) is 2.20. The van der Waals surface area contributed by atoms with Crippen molar-refractivity contribution in [3.63, 3.8) is 0 Å². The van der Waals surface area contributed by atoms with E-state index in [-0.39, 0.29) is 22.4 Å². The van der Waals surface area contributed by atoms with E-state index in [2.05, 4.69) is 25.6 Å². The number of carbonyl (C=O) groups excluding carboxylic acids is 1. The first-order valence-electron chi connectivity index (χ1n) is 7.95. The summed E-state index contributed by atoms with van der Waals surface area (Å²) in [6, 6.07) is 11.6. The maximum atomic E-state index is 12.3. The smallest absolute Gasteiger partial charge is 0.387 e. The lowest BCUT2D eigenvalue weighted by atomic mass is 10.2. The van der Waals surface area contributed by atoms with Crippen LogP contribution in [0.4, 0.5) is 14.5 Å². The fourth-order valence-corrected chi connectivity index (χ4v) is 3.20. The van der Waals surface area contributed by atoms with E-state index in [9.17, 15) is 13.6 Å². The Hall–Kier alpha value is -2.72. The average Bonchev–Trinajstić information content (AvgIpc) is 3.11. The van der Waals surface area contributed by atoms with Crippen molar-refractivity contribution in [2.24, 2.45) is 0 Å². The number of tetrazole rings is 1. The van der Waals surface area contributed by atoms with Gasteiger partial charge in [0.05, 0.1) is 16.5 Å². The van der Waals surface area contributed by atoms with Crippen LogP contribution < -0.4 is 10.1 Å². The van der Waals surface area contributed by atoms with Crippen LogP contribution in [0.3, 0.4) is 0 Å². The Labute approximate surface area is 168 Å². The van der Waals surface area contributed by atoms with E-state index >= 15 is 0 Å². The van der Waals surface area contributed by atoms with Gasteiger partial charge in [-0.2, -0.15) is 13.5 Å². The van der Waals surface area contributed by atoms with Crippen molar-refractivity contribution in [1.82, 2.24) is 20.2 Å². The van der Waals surface area contributed by atoms with Crippen LogP contribution in [0.1, 0.15) is 5.56 Å². The van der Waals surface area contributed by atoms with Gasteiger partial charge in [-0.05, 0) is 53.2 Å². The first-order chi connectivity index (χ1) is 13.4. The molecule has 0 aliphatic heterocycles. The first-order valence-corrected chi connectivity index (χ1v) is 9.31. The zero-order chi connectivity index (χ0) is 20.1. The summed E-state index contributed by atoms with van der Waals surface area (Å²) in [7, 11) is 0. The topological polar surface area (TPSA) is 81.9 Å². The third-order valence-electron chi connectivity index (χ3n) is 3.45. The highest BCUT2D eigenvalue weighted by Gasteiger charge is 2.13. The lowest BCUT2D eigenvalue weighted by molar-refractivity contribution is -0.113. The van der Waals surface area contributed by atoms with Crippen LogP contribution in [-0.4, -0.2) is 38.5 Å². The molecule has 0 atom stereocenters. The molecule has 28 heavy (non-hydrogen) atoms. The van der Waals surface area contributed by atoms with Crippen molar-refractivity contribution >= 4 is 35.0 Å². The molecule has 2 aromatic carbocycles. The van der Waals surface area contributed by atoms with Crippen molar-refractivity contribution < 1.29 is 18.3 Å². The molecule has 1 N–H and O–H groups in total. The molecule has 0 unspecified atom stereocenters. The Morgan fingerprint density at radius 2 is 2.14 bits per heavy atom. The molecular formula is C17H14ClF2N5O2S. The van der Waals surface area contributed by atoms with Gasteiger partial charge in [0.1, 0.15) is 5.75 Å². The molecule has 0 aliphatic rings. The molecule has 146 valence electrons. The highest BCUT2D eigenvalue weighted by Crippen LogP contribution is 2.29. The molecule has 1 heterocycles. The summed E-state index contributed by atoms with van der Waals surface area (Å²) in [6.07, 6.45) is 0. The molecule has 0 saturated heterocycles. The number of anilines is 1. The monoisotopic (exact) mass is 425 g/mol. The number of nitrogens with zero attached hydrogens (tertiary/aromatic N) is 4. The van der Waals surface area contributed by atoms with E-state index in [4.69, 9.17) is 11.6 Å². The molecule has 3 aromatic rings. The Kier molecular flexibility index (Phi) is 6.42. The number of hydrogen-bond donors (Lipinski definition) is 1. The Bertz CT molecular complexity index is 986. The molecule has 3 rings (SSSR count). The van der Waals surface area contributed by atoms with E-state index in [0.717, 1.165) is 23.0 Å². The summed E-state index contributed by atoms with van der Waals surface area (Å²) in [5.74, 6) is -0.456. The van der Waals surface area contributed by atoms with Gasteiger partial charge in [0.15, 0.2) is 0 Å². The quantitative estimate of drug-likeness (QED) is 0.577. The normalized spacial score (nSPS) is 10.9. The minimum Gasteiger partial charge on any atom is -0.433 e. The minimum absolute atomic E-state index is 0.0332. The van der Waals surface area contributed by atoms with Gasteiger partial charge in [-0.1, -0.05) is 35.5 Å². The number of aromatic nitrogens is 4. The van der Waals surface area contributed by atoms with Crippen LogP contribution in [0.25, 0.3) is 5.69 Å². The van der Waals surface area contributed by atoms with Gasteiger partial charge in [0, 0.05) is 5.69 Å². The number of halogens is 3. The van der Waals surface area contributed by atoms with Crippen molar-refractivity contribution in [3.05, 3.63) is 53.1 Å². The fourth-order valence-electron chi connectivity index (χ4n) is 2.29. The predicted octanol–water partition coefficient (Wildman–Crippen LogP) is 3.96. The van der Waals surface area contributed by atoms with Crippen LogP contribution >= 0.6 is 23.4 Å². The molecule has 0 aliphatic carbocycles. The Balaban J connectivity index is 1.61. The predicted molar refractivity (Wildman–Crippen MR) is 101 cm³/mol. The molecule has 0 fully saturated rings. The number of rotatable bonds is 7. The Morgan fingerprint density at radius 1 is 1.32 bits per heavy atom. The van der Waals surface area contributed by atoms with Crippen LogP contribution in [0.15, 0.2) is 47.6 Å². The molecule has 1 aromatic heterocycles. The lowest BCUT2D eigenvalue weighted by Gasteiger charge is -2.09. The lowest BCUT2D eigenvalue weighted by Crippen LogP contribution is -2.14. The number of nitrogens with one attached hydrogen (secondary N) is 1. The number of alkyl halides is 2. The Morgan fingerprint density at radius 3 is 2.86 bits per heavy atom. The highest BCUT2D eigenvalue weighted by atomic mass is 35.5. The van der Waals surface area contributed by atoms with Crippen molar-refractivity contribution in [2.45, 2.75) is 18.7 Å². The third-order valence-corrected chi connectivity index (χ3v) is 4.67. The molecule has 0 radical (unpaired) electrons. The van der Waals surface area contributed by atoms with Gasteiger partial charge < -0.3 is 10.1 Å². The van der Waals surface area contributed by atoms with Crippen LogP contribution in [-0.2, 0) is 4.79 Å².